The van der Waals surface area contributed by atoms with Gasteiger partial charge in [-0.05, 0) is 6.07 Å². The zero-order valence-electron chi connectivity index (χ0n) is 19.3. The van der Waals surface area contributed by atoms with Crippen molar-refractivity contribution in [3.63, 3.8) is 0 Å². The summed E-state index contributed by atoms with van der Waals surface area (Å²) in [6.07, 6.45) is -5.89. The van der Waals surface area contributed by atoms with Gasteiger partial charge in [-0.3, -0.25) is 0 Å². The molecule has 0 saturated carbocycles. The van der Waals surface area contributed by atoms with E-state index in [2.05, 4.69) is 20.1 Å². The maximum absolute atomic E-state index is 15.0. The molecule has 2 aromatic heterocycles. The third kappa shape index (κ3) is 5.35. The first kappa shape index (κ1) is 27.5. The zero-order valence-corrected chi connectivity index (χ0v) is 19.3. The maximum Gasteiger partial charge on any atom is 0.335 e. The molecule has 1 fully saturated rings. The molecular formula is C22H22F3N5O8. The van der Waals surface area contributed by atoms with Crippen molar-refractivity contribution >= 4 is 5.97 Å². The summed E-state index contributed by atoms with van der Waals surface area (Å²) in [7, 11) is 0. The third-order valence-electron chi connectivity index (χ3n) is 6.11. The highest BCUT2D eigenvalue weighted by molar-refractivity contribution is 5.73. The molecule has 0 amide bonds. The van der Waals surface area contributed by atoms with Crippen LogP contribution < -0.4 is 0 Å². The summed E-state index contributed by atoms with van der Waals surface area (Å²) in [4.78, 5) is 22.6. The van der Waals surface area contributed by atoms with E-state index >= 15 is 4.39 Å². The number of hydrogen-bond acceptors (Lipinski definition) is 11. The number of carboxylic acids is 1. The first-order chi connectivity index (χ1) is 18.0. The van der Waals surface area contributed by atoms with Crippen LogP contribution in [0.4, 0.5) is 13.2 Å². The van der Waals surface area contributed by atoms with Crippen LogP contribution in [0, 0.1) is 17.5 Å². The first-order valence-electron chi connectivity index (χ1n) is 11.0. The van der Waals surface area contributed by atoms with Gasteiger partial charge in [-0.2, -0.15) is 5.10 Å². The molecule has 5 N–H and O–H groups in total. The van der Waals surface area contributed by atoms with Gasteiger partial charge in [-0.25, -0.2) is 37.6 Å². The Labute approximate surface area is 211 Å². The summed E-state index contributed by atoms with van der Waals surface area (Å²) in [6, 6.07) is 2.29. The largest absolute Gasteiger partial charge is 0.479 e. The Morgan fingerprint density at radius 1 is 1.11 bits per heavy atom. The van der Waals surface area contributed by atoms with Gasteiger partial charge < -0.3 is 35.0 Å². The number of nitrogens with zero attached hydrogens (tertiary/aromatic N) is 5. The van der Waals surface area contributed by atoms with Crippen molar-refractivity contribution in [2.24, 2.45) is 0 Å². The van der Waals surface area contributed by atoms with Crippen LogP contribution in [-0.4, -0.2) is 93.5 Å². The third-order valence-corrected chi connectivity index (χ3v) is 6.11. The molecular weight excluding hydrogens is 519 g/mol. The van der Waals surface area contributed by atoms with Crippen LogP contribution in [0.3, 0.4) is 0 Å². The maximum atomic E-state index is 15.0. The molecule has 3 aromatic rings. The van der Waals surface area contributed by atoms with Crippen LogP contribution in [0.2, 0.25) is 0 Å². The number of carbonyl (C=O) groups is 1. The van der Waals surface area contributed by atoms with Crippen molar-refractivity contribution in [3.8, 4) is 0 Å². The van der Waals surface area contributed by atoms with E-state index in [1.54, 1.807) is 0 Å². The minimum absolute atomic E-state index is 0.494. The highest BCUT2D eigenvalue weighted by atomic mass is 19.1. The van der Waals surface area contributed by atoms with Crippen molar-refractivity contribution < 1.29 is 53.0 Å². The number of aromatic nitrogens is 5. The van der Waals surface area contributed by atoms with Gasteiger partial charge in [0.1, 0.15) is 54.5 Å². The van der Waals surface area contributed by atoms with Gasteiger partial charge in [0.2, 0.25) is 0 Å². The lowest BCUT2D eigenvalue weighted by molar-refractivity contribution is -0.297. The highest BCUT2D eigenvalue weighted by Gasteiger charge is 2.49. The number of rotatable bonds is 9. The van der Waals surface area contributed by atoms with Crippen molar-refractivity contribution in [1.82, 2.24) is 24.7 Å². The number of halogens is 3. The van der Waals surface area contributed by atoms with Crippen molar-refractivity contribution in [1.29, 1.82) is 0 Å². The second kappa shape index (κ2) is 11.1. The minimum atomic E-state index is -2.48. The average Bonchev–Trinajstić information content (AvgIpc) is 3.37. The summed E-state index contributed by atoms with van der Waals surface area (Å²) < 4.78 is 55.3. The van der Waals surface area contributed by atoms with Crippen molar-refractivity contribution in [2.75, 3.05) is 6.61 Å². The lowest BCUT2D eigenvalue weighted by Crippen LogP contribution is -2.60. The van der Waals surface area contributed by atoms with Gasteiger partial charge in [-0.1, -0.05) is 6.07 Å². The molecule has 4 rings (SSSR count). The predicted molar refractivity (Wildman–Crippen MR) is 115 cm³/mol. The Kier molecular flexibility index (Phi) is 8.00. The molecule has 0 bridgehead atoms. The van der Waals surface area contributed by atoms with Crippen LogP contribution >= 0.6 is 0 Å². The van der Waals surface area contributed by atoms with Crippen LogP contribution in [0.5, 0.6) is 0 Å². The Bertz CT molecular complexity index is 1270. The van der Waals surface area contributed by atoms with Crippen LogP contribution in [-0.2, 0) is 26.4 Å². The van der Waals surface area contributed by atoms with E-state index < -0.39 is 90.1 Å². The molecule has 3 heterocycles. The molecule has 1 saturated heterocycles. The molecule has 0 spiro atoms. The van der Waals surface area contributed by atoms with Crippen LogP contribution in [0.1, 0.15) is 17.2 Å². The summed E-state index contributed by atoms with van der Waals surface area (Å²) in [5.41, 5.74) is -3.48. The molecule has 1 aliphatic heterocycles. The number of aliphatic hydroxyl groups is 4. The summed E-state index contributed by atoms with van der Waals surface area (Å²) in [5.74, 6) is -6.54. The second-order valence-corrected chi connectivity index (χ2v) is 8.52. The van der Waals surface area contributed by atoms with Gasteiger partial charge >= 0.3 is 5.97 Å². The fraction of sp³-hybridized carbons (Fsp3) is 0.409. The lowest BCUT2D eigenvalue weighted by atomic mass is 9.78. The number of aliphatic hydroxyl groups excluding tert-OH is 3. The fourth-order valence-corrected chi connectivity index (χ4v) is 4.19. The van der Waals surface area contributed by atoms with E-state index in [-0.39, 0.29) is 0 Å². The van der Waals surface area contributed by atoms with E-state index in [1.165, 1.54) is 6.33 Å². The van der Waals surface area contributed by atoms with E-state index in [1.807, 2.05) is 0 Å². The molecule has 16 heteroatoms. The molecule has 38 heavy (non-hydrogen) atoms. The standard InChI is InChI=1S/C22H22F3N5O8/c23-10-1-2-11(13(24)3-10)22(36,6-30-9-27-8-29-30)12(15-14(25)4-26-7-28-15)5-37-21-18(33)16(31)17(32)19(38-21)20(34)35/h1-4,7-9,12,16-19,21,31-33,36H,5-6H2,(H,34,35)/t12?,16-,17-,18+,19-,21+,22-/m0/s1. The van der Waals surface area contributed by atoms with E-state index in [0.717, 1.165) is 35.7 Å². The molecule has 0 radical (unpaired) electrons. The van der Waals surface area contributed by atoms with Gasteiger partial charge in [-0.15, -0.1) is 0 Å². The summed E-state index contributed by atoms with van der Waals surface area (Å²) in [6.45, 7) is -1.41. The highest BCUT2D eigenvalue weighted by Crippen LogP contribution is 2.41. The number of hydrogen-bond donors (Lipinski definition) is 5. The van der Waals surface area contributed by atoms with Gasteiger partial charge in [0.15, 0.2) is 18.2 Å². The predicted octanol–water partition coefficient (Wildman–Crippen LogP) is -0.934. The van der Waals surface area contributed by atoms with Gasteiger partial charge in [0, 0.05) is 11.6 Å². The molecule has 13 nitrogen and oxygen atoms in total. The quantitative estimate of drug-likeness (QED) is 0.224. The van der Waals surface area contributed by atoms with Gasteiger partial charge in [0.05, 0.1) is 31.0 Å². The van der Waals surface area contributed by atoms with E-state index in [9.17, 15) is 39.1 Å². The normalized spacial score (nSPS) is 26.0. The van der Waals surface area contributed by atoms with E-state index in [0.29, 0.717) is 6.07 Å². The Morgan fingerprint density at radius 2 is 1.87 bits per heavy atom. The lowest BCUT2D eigenvalue weighted by Gasteiger charge is -2.40. The molecule has 0 aliphatic carbocycles. The molecule has 1 aliphatic rings. The Hall–Kier alpha value is -3.54. The number of carboxylic acid groups (broad SMARTS) is 1. The smallest absolute Gasteiger partial charge is 0.335 e. The number of ether oxygens (including phenoxy) is 2. The Morgan fingerprint density at radius 3 is 2.50 bits per heavy atom. The molecule has 204 valence electrons. The fourth-order valence-electron chi connectivity index (χ4n) is 4.19. The summed E-state index contributed by atoms with van der Waals surface area (Å²) >= 11 is 0. The Balaban J connectivity index is 1.77. The van der Waals surface area contributed by atoms with Crippen molar-refractivity contribution in [2.45, 2.75) is 48.8 Å². The van der Waals surface area contributed by atoms with Crippen LogP contribution in [0.15, 0.2) is 43.4 Å². The topological polar surface area (TPSA) is 193 Å². The average molecular weight is 541 g/mol. The molecule has 7 atom stereocenters. The zero-order chi connectivity index (χ0) is 27.6. The molecule has 1 unspecified atom stereocenters. The SMILES string of the molecule is O=C(O)[C@H]1O[C@@H](OCC(c2ncncc2F)[C@](O)(Cn2cncn2)c2ccc(F)cc2F)[C@H](O)[C@@H](O)[C@@H]1O. The second-order valence-electron chi connectivity index (χ2n) is 8.52. The van der Waals surface area contributed by atoms with Crippen LogP contribution in [0.25, 0.3) is 0 Å². The summed E-state index contributed by atoms with van der Waals surface area (Å²) in [5, 5.41) is 55.4. The number of aliphatic carboxylic acids is 1. The molecule has 1 aromatic carbocycles. The minimum Gasteiger partial charge on any atom is -0.479 e. The van der Waals surface area contributed by atoms with Gasteiger partial charge in [0.25, 0.3) is 0 Å². The first-order valence-corrected chi connectivity index (χ1v) is 11.0. The van der Waals surface area contributed by atoms with Crippen molar-refractivity contribution in [3.05, 3.63) is 72.1 Å². The van der Waals surface area contributed by atoms with E-state index in [4.69, 9.17) is 9.47 Å². The monoisotopic (exact) mass is 541 g/mol. The number of benzene rings is 1.